The van der Waals surface area contributed by atoms with Crippen LogP contribution in [0, 0.1) is 0 Å². The van der Waals surface area contributed by atoms with Crippen molar-refractivity contribution in [2.45, 2.75) is 37.8 Å². The van der Waals surface area contributed by atoms with E-state index in [1.807, 2.05) is 17.8 Å². The molecule has 0 aromatic carbocycles. The molecule has 2 saturated heterocycles. The van der Waals surface area contributed by atoms with Crippen LogP contribution in [-0.4, -0.2) is 40.8 Å². The molecular weight excluding hydrogens is 206 g/mol. The standard InChI is InChI=1S/C12H19NOS/c1-2-6-15-7-5-13-10-3-4-11(13)9-12(14)8-10/h2,10-11H,1,3-9H2. The number of hydrogen-bond donors (Lipinski definition) is 0. The zero-order valence-electron chi connectivity index (χ0n) is 9.15. The van der Waals surface area contributed by atoms with E-state index in [1.165, 1.54) is 18.6 Å². The number of carbonyl (C=O) groups is 1. The second kappa shape index (κ2) is 5.17. The highest BCUT2D eigenvalue weighted by molar-refractivity contribution is 7.99. The van der Waals surface area contributed by atoms with Crippen LogP contribution in [0.15, 0.2) is 12.7 Å². The third-order valence-electron chi connectivity index (χ3n) is 3.43. The first-order valence-electron chi connectivity index (χ1n) is 5.77. The average Bonchev–Trinajstić information content (AvgIpc) is 2.46. The fraction of sp³-hybridized carbons (Fsp3) is 0.750. The molecule has 3 heteroatoms. The van der Waals surface area contributed by atoms with Crippen LogP contribution in [0.1, 0.15) is 25.7 Å². The van der Waals surface area contributed by atoms with Gasteiger partial charge in [-0.15, -0.1) is 6.58 Å². The number of carbonyl (C=O) groups excluding carboxylic acids is 1. The largest absolute Gasteiger partial charge is 0.300 e. The highest BCUT2D eigenvalue weighted by Crippen LogP contribution is 2.33. The highest BCUT2D eigenvalue weighted by atomic mass is 32.2. The molecule has 2 atom stereocenters. The van der Waals surface area contributed by atoms with E-state index in [0.29, 0.717) is 17.9 Å². The molecule has 84 valence electrons. The van der Waals surface area contributed by atoms with Gasteiger partial charge in [-0.1, -0.05) is 6.08 Å². The minimum atomic E-state index is 0.484. The van der Waals surface area contributed by atoms with E-state index in [4.69, 9.17) is 0 Å². The van der Waals surface area contributed by atoms with E-state index >= 15 is 0 Å². The van der Waals surface area contributed by atoms with Crippen LogP contribution in [0.2, 0.25) is 0 Å². The monoisotopic (exact) mass is 225 g/mol. The van der Waals surface area contributed by atoms with Gasteiger partial charge >= 0.3 is 0 Å². The van der Waals surface area contributed by atoms with Crippen molar-refractivity contribution >= 4 is 17.5 Å². The summed E-state index contributed by atoms with van der Waals surface area (Å²) in [5, 5.41) is 0. The summed E-state index contributed by atoms with van der Waals surface area (Å²) in [6, 6.07) is 1.14. The predicted molar refractivity (Wildman–Crippen MR) is 65.3 cm³/mol. The highest BCUT2D eigenvalue weighted by Gasteiger charge is 2.39. The zero-order valence-corrected chi connectivity index (χ0v) is 9.97. The lowest BCUT2D eigenvalue weighted by atomic mass is 10.0. The summed E-state index contributed by atoms with van der Waals surface area (Å²) in [4.78, 5) is 14.0. The van der Waals surface area contributed by atoms with Gasteiger partial charge in [0.1, 0.15) is 5.78 Å². The first-order chi connectivity index (χ1) is 7.31. The molecule has 0 radical (unpaired) electrons. The SMILES string of the molecule is C=CCSCCN1C2CCC1CC(=O)C2. The van der Waals surface area contributed by atoms with Gasteiger partial charge in [-0.25, -0.2) is 0 Å². The molecule has 2 heterocycles. The number of fused-ring (bicyclic) bond motifs is 2. The van der Waals surface area contributed by atoms with Crippen molar-refractivity contribution in [2.24, 2.45) is 0 Å². The third kappa shape index (κ3) is 2.64. The minimum absolute atomic E-state index is 0.484. The number of hydrogen-bond acceptors (Lipinski definition) is 3. The second-order valence-electron chi connectivity index (χ2n) is 4.43. The first-order valence-corrected chi connectivity index (χ1v) is 6.93. The number of thioether (sulfide) groups is 1. The molecule has 2 aliphatic rings. The summed E-state index contributed by atoms with van der Waals surface area (Å²) in [5.41, 5.74) is 0. The molecule has 0 amide bonds. The molecule has 2 rings (SSSR count). The van der Waals surface area contributed by atoms with Crippen molar-refractivity contribution in [1.82, 2.24) is 4.90 Å². The van der Waals surface area contributed by atoms with Gasteiger partial charge in [0.2, 0.25) is 0 Å². The fourth-order valence-electron chi connectivity index (χ4n) is 2.76. The molecule has 2 fully saturated rings. The van der Waals surface area contributed by atoms with Crippen LogP contribution in [0.25, 0.3) is 0 Å². The van der Waals surface area contributed by atoms with Crippen molar-refractivity contribution in [3.8, 4) is 0 Å². The molecule has 0 aliphatic carbocycles. The molecule has 2 unspecified atom stereocenters. The van der Waals surface area contributed by atoms with E-state index in [0.717, 1.165) is 25.1 Å². The Bertz CT molecular complexity index is 238. The Morgan fingerprint density at radius 3 is 2.67 bits per heavy atom. The van der Waals surface area contributed by atoms with Crippen LogP contribution in [-0.2, 0) is 4.79 Å². The van der Waals surface area contributed by atoms with Crippen molar-refractivity contribution in [1.29, 1.82) is 0 Å². The summed E-state index contributed by atoms with van der Waals surface area (Å²) in [6.07, 6.45) is 6.05. The van der Waals surface area contributed by atoms with E-state index in [-0.39, 0.29) is 0 Å². The van der Waals surface area contributed by atoms with E-state index < -0.39 is 0 Å². The quantitative estimate of drug-likeness (QED) is 0.528. The van der Waals surface area contributed by atoms with Crippen LogP contribution >= 0.6 is 11.8 Å². The summed E-state index contributed by atoms with van der Waals surface area (Å²) in [7, 11) is 0. The van der Waals surface area contributed by atoms with Crippen molar-refractivity contribution < 1.29 is 4.79 Å². The van der Waals surface area contributed by atoms with E-state index in [2.05, 4.69) is 11.5 Å². The molecule has 2 bridgehead atoms. The number of nitrogens with zero attached hydrogens (tertiary/aromatic N) is 1. The van der Waals surface area contributed by atoms with Crippen LogP contribution < -0.4 is 0 Å². The number of ketones is 1. The van der Waals surface area contributed by atoms with Crippen molar-refractivity contribution in [3.63, 3.8) is 0 Å². The van der Waals surface area contributed by atoms with Crippen molar-refractivity contribution in [2.75, 3.05) is 18.1 Å². The van der Waals surface area contributed by atoms with Gasteiger partial charge < -0.3 is 0 Å². The molecule has 0 saturated carbocycles. The molecule has 15 heavy (non-hydrogen) atoms. The summed E-state index contributed by atoms with van der Waals surface area (Å²) in [5.74, 6) is 2.70. The molecule has 2 nitrogen and oxygen atoms in total. The maximum atomic E-state index is 11.4. The Labute approximate surface area is 96.1 Å². The first kappa shape index (κ1) is 11.2. The average molecular weight is 225 g/mol. The lowest BCUT2D eigenvalue weighted by Crippen LogP contribution is -2.44. The smallest absolute Gasteiger partial charge is 0.136 e. The Balaban J connectivity index is 1.78. The van der Waals surface area contributed by atoms with Gasteiger partial charge in [0.05, 0.1) is 0 Å². The van der Waals surface area contributed by atoms with E-state index in [1.54, 1.807) is 0 Å². The topological polar surface area (TPSA) is 20.3 Å². The Kier molecular flexibility index (Phi) is 3.87. The maximum Gasteiger partial charge on any atom is 0.136 e. The Morgan fingerprint density at radius 2 is 2.07 bits per heavy atom. The van der Waals surface area contributed by atoms with Gasteiger partial charge in [0.25, 0.3) is 0 Å². The third-order valence-corrected chi connectivity index (χ3v) is 4.37. The van der Waals surface area contributed by atoms with Gasteiger partial charge in [-0.2, -0.15) is 11.8 Å². The van der Waals surface area contributed by atoms with Crippen LogP contribution in [0.3, 0.4) is 0 Å². The van der Waals surface area contributed by atoms with Gasteiger partial charge in [0.15, 0.2) is 0 Å². The lowest BCUT2D eigenvalue weighted by Gasteiger charge is -2.33. The predicted octanol–water partition coefficient (Wildman–Crippen LogP) is 2.10. The Morgan fingerprint density at radius 1 is 1.40 bits per heavy atom. The zero-order chi connectivity index (χ0) is 10.7. The van der Waals surface area contributed by atoms with Crippen molar-refractivity contribution in [3.05, 3.63) is 12.7 Å². The van der Waals surface area contributed by atoms with Gasteiger partial charge in [-0.3, -0.25) is 9.69 Å². The molecule has 2 aliphatic heterocycles. The molecule has 0 spiro atoms. The van der Waals surface area contributed by atoms with Crippen LogP contribution in [0.4, 0.5) is 0 Å². The van der Waals surface area contributed by atoms with Gasteiger partial charge in [-0.05, 0) is 12.8 Å². The number of rotatable bonds is 5. The molecular formula is C12H19NOS. The second-order valence-corrected chi connectivity index (χ2v) is 5.58. The van der Waals surface area contributed by atoms with Gasteiger partial charge in [0, 0.05) is 43.0 Å². The molecule has 0 N–H and O–H groups in total. The Hall–Kier alpha value is -0.280. The molecule has 0 aromatic rings. The summed E-state index contributed by atoms with van der Waals surface area (Å²) < 4.78 is 0. The number of piperidine rings is 1. The summed E-state index contributed by atoms with van der Waals surface area (Å²) in [6.45, 7) is 4.87. The minimum Gasteiger partial charge on any atom is -0.300 e. The normalized spacial score (nSPS) is 30.8. The number of Topliss-reactive ketones (excluding diaryl/α,β-unsaturated/α-hetero) is 1. The lowest BCUT2D eigenvalue weighted by molar-refractivity contribution is -0.123. The molecule has 0 aromatic heterocycles. The fourth-order valence-corrected chi connectivity index (χ4v) is 3.44. The van der Waals surface area contributed by atoms with Crippen LogP contribution in [0.5, 0.6) is 0 Å². The summed E-state index contributed by atoms with van der Waals surface area (Å²) >= 11 is 1.93. The van der Waals surface area contributed by atoms with E-state index in [9.17, 15) is 4.79 Å². The maximum absolute atomic E-state index is 11.4.